The van der Waals surface area contributed by atoms with Crippen molar-refractivity contribution in [3.8, 4) is 0 Å². The maximum absolute atomic E-state index is 13.6. The summed E-state index contributed by atoms with van der Waals surface area (Å²) in [6, 6.07) is 13.2. The van der Waals surface area contributed by atoms with Gasteiger partial charge in [-0.3, -0.25) is 9.59 Å². The Morgan fingerprint density at radius 2 is 2.07 bits per heavy atom. The second-order valence-electron chi connectivity index (χ2n) is 6.93. The summed E-state index contributed by atoms with van der Waals surface area (Å²) in [5.74, 6) is -0.345. The van der Waals surface area contributed by atoms with Crippen molar-refractivity contribution in [2.45, 2.75) is 25.8 Å². The summed E-state index contributed by atoms with van der Waals surface area (Å²) >= 11 is 0. The van der Waals surface area contributed by atoms with Crippen LogP contribution < -0.4 is 10.2 Å². The molecular formula is C21H19FN4O3. The highest BCUT2D eigenvalue weighted by Crippen LogP contribution is 2.32. The van der Waals surface area contributed by atoms with Crippen LogP contribution in [0.2, 0.25) is 0 Å². The predicted molar refractivity (Wildman–Crippen MR) is 103 cm³/mol. The molecule has 148 valence electrons. The van der Waals surface area contributed by atoms with Gasteiger partial charge in [-0.1, -0.05) is 29.4 Å². The number of nitrogens with zero attached hydrogens (tertiary/aromatic N) is 3. The number of amides is 2. The molecule has 0 saturated carbocycles. The molecule has 1 aromatic heterocycles. The molecule has 4 rings (SSSR count). The summed E-state index contributed by atoms with van der Waals surface area (Å²) in [5, 5.41) is 6.68. The van der Waals surface area contributed by atoms with E-state index in [1.165, 1.54) is 12.1 Å². The van der Waals surface area contributed by atoms with E-state index in [1.807, 2.05) is 13.0 Å². The van der Waals surface area contributed by atoms with Crippen LogP contribution in [0.1, 0.15) is 40.0 Å². The van der Waals surface area contributed by atoms with Crippen LogP contribution in [0.5, 0.6) is 0 Å². The molecule has 29 heavy (non-hydrogen) atoms. The Hall–Kier alpha value is -3.55. The largest absolute Gasteiger partial charge is 0.343 e. The lowest BCUT2D eigenvalue weighted by Gasteiger charge is -2.18. The van der Waals surface area contributed by atoms with Crippen LogP contribution in [0.25, 0.3) is 0 Å². The summed E-state index contributed by atoms with van der Waals surface area (Å²) in [7, 11) is 0. The number of halogens is 1. The smallest absolute Gasteiger partial charge is 0.251 e. The average Bonchev–Trinajstić information content (AvgIpc) is 3.35. The van der Waals surface area contributed by atoms with Gasteiger partial charge in [-0.15, -0.1) is 0 Å². The Labute approximate surface area is 166 Å². The molecule has 2 aromatic carbocycles. The van der Waals surface area contributed by atoms with Crippen LogP contribution in [-0.4, -0.2) is 28.5 Å². The topological polar surface area (TPSA) is 88.3 Å². The molecule has 1 unspecified atom stereocenters. The first-order chi connectivity index (χ1) is 14.0. The molecule has 1 saturated heterocycles. The molecule has 2 amide bonds. The third-order valence-corrected chi connectivity index (χ3v) is 4.87. The van der Waals surface area contributed by atoms with Crippen molar-refractivity contribution in [3.63, 3.8) is 0 Å². The van der Waals surface area contributed by atoms with Gasteiger partial charge in [-0.2, -0.15) is 4.98 Å². The van der Waals surface area contributed by atoms with Crippen LogP contribution in [-0.2, 0) is 11.3 Å². The van der Waals surface area contributed by atoms with E-state index >= 15 is 0 Å². The van der Waals surface area contributed by atoms with Crippen LogP contribution >= 0.6 is 0 Å². The number of aromatic nitrogens is 2. The molecule has 8 heteroatoms. The fourth-order valence-corrected chi connectivity index (χ4v) is 3.34. The molecule has 0 radical (unpaired) electrons. The van der Waals surface area contributed by atoms with Gasteiger partial charge in [-0.05, 0) is 36.8 Å². The highest BCUT2D eigenvalue weighted by atomic mass is 19.1. The lowest BCUT2D eigenvalue weighted by Crippen LogP contribution is -2.25. The second kappa shape index (κ2) is 7.83. The number of carbonyl (C=O) groups excluding carboxylic acids is 2. The van der Waals surface area contributed by atoms with Crippen LogP contribution in [0.4, 0.5) is 10.1 Å². The van der Waals surface area contributed by atoms with Gasteiger partial charge in [0, 0.05) is 30.1 Å². The van der Waals surface area contributed by atoms with Crippen molar-refractivity contribution >= 4 is 17.5 Å². The number of benzene rings is 2. The van der Waals surface area contributed by atoms with E-state index in [2.05, 4.69) is 15.5 Å². The number of aryl methyl sites for hydroxylation is 1. The first-order valence-electron chi connectivity index (χ1n) is 9.23. The number of anilines is 1. The van der Waals surface area contributed by atoms with Crippen LogP contribution in [0.3, 0.4) is 0 Å². The van der Waals surface area contributed by atoms with Crippen molar-refractivity contribution in [2.24, 2.45) is 0 Å². The number of hydrogen-bond acceptors (Lipinski definition) is 5. The minimum atomic E-state index is -0.391. The zero-order chi connectivity index (χ0) is 20.4. The van der Waals surface area contributed by atoms with Crippen molar-refractivity contribution < 1.29 is 18.5 Å². The molecule has 3 aromatic rings. The van der Waals surface area contributed by atoms with E-state index < -0.39 is 5.82 Å². The summed E-state index contributed by atoms with van der Waals surface area (Å²) in [4.78, 5) is 30.4. The minimum Gasteiger partial charge on any atom is -0.343 e. The minimum absolute atomic E-state index is 0.0914. The highest BCUT2D eigenvalue weighted by Gasteiger charge is 2.35. The van der Waals surface area contributed by atoms with Gasteiger partial charge >= 0.3 is 0 Å². The number of carbonyl (C=O) groups is 2. The third-order valence-electron chi connectivity index (χ3n) is 4.87. The van der Waals surface area contributed by atoms with Gasteiger partial charge in [0.2, 0.25) is 11.8 Å². The number of rotatable bonds is 5. The lowest BCUT2D eigenvalue weighted by atomic mass is 10.1. The van der Waals surface area contributed by atoms with E-state index in [0.717, 1.165) is 5.56 Å². The summed E-state index contributed by atoms with van der Waals surface area (Å²) < 4.78 is 18.8. The Morgan fingerprint density at radius 1 is 1.28 bits per heavy atom. The molecule has 1 N–H and O–H groups in total. The quantitative estimate of drug-likeness (QED) is 0.719. The van der Waals surface area contributed by atoms with Crippen LogP contribution in [0.15, 0.2) is 53.1 Å². The van der Waals surface area contributed by atoms with E-state index in [4.69, 9.17) is 4.52 Å². The van der Waals surface area contributed by atoms with Gasteiger partial charge in [0.15, 0.2) is 5.82 Å². The second-order valence-corrected chi connectivity index (χ2v) is 6.93. The average molecular weight is 394 g/mol. The molecule has 0 bridgehead atoms. The molecule has 0 spiro atoms. The number of nitrogens with one attached hydrogen (secondary N) is 1. The molecular weight excluding hydrogens is 375 g/mol. The van der Waals surface area contributed by atoms with Gasteiger partial charge < -0.3 is 14.7 Å². The maximum atomic E-state index is 13.6. The van der Waals surface area contributed by atoms with Gasteiger partial charge in [0.25, 0.3) is 5.91 Å². The zero-order valence-electron chi connectivity index (χ0n) is 15.8. The molecule has 0 aliphatic carbocycles. The number of hydrogen-bond donors (Lipinski definition) is 1. The molecule has 7 nitrogen and oxygen atoms in total. The molecule has 1 fully saturated rings. The Morgan fingerprint density at radius 3 is 2.86 bits per heavy atom. The molecule has 2 heterocycles. The van der Waals surface area contributed by atoms with Gasteiger partial charge in [0.05, 0.1) is 6.54 Å². The summed E-state index contributed by atoms with van der Waals surface area (Å²) in [6.45, 7) is 2.27. The maximum Gasteiger partial charge on any atom is 0.251 e. The predicted octanol–water partition coefficient (Wildman–Crippen LogP) is 2.97. The van der Waals surface area contributed by atoms with Gasteiger partial charge in [0.1, 0.15) is 5.82 Å². The van der Waals surface area contributed by atoms with Crippen molar-refractivity contribution in [2.75, 3.05) is 11.4 Å². The fraction of sp³-hybridized carbons (Fsp3) is 0.238. The van der Waals surface area contributed by atoms with Gasteiger partial charge in [-0.25, -0.2) is 4.39 Å². The van der Waals surface area contributed by atoms with E-state index in [0.29, 0.717) is 23.6 Å². The normalized spacial score (nSPS) is 16.3. The Balaban J connectivity index is 1.41. The summed E-state index contributed by atoms with van der Waals surface area (Å²) in [6.07, 6.45) is 0.214. The van der Waals surface area contributed by atoms with Crippen molar-refractivity contribution in [1.29, 1.82) is 0 Å². The van der Waals surface area contributed by atoms with Crippen molar-refractivity contribution in [1.82, 2.24) is 15.5 Å². The summed E-state index contributed by atoms with van der Waals surface area (Å²) in [5.41, 5.74) is 1.91. The molecule has 1 aliphatic heterocycles. The first-order valence-corrected chi connectivity index (χ1v) is 9.23. The fourth-order valence-electron chi connectivity index (χ4n) is 3.34. The third kappa shape index (κ3) is 4.01. The Bertz CT molecular complexity index is 1050. The first kappa shape index (κ1) is 18.8. The van der Waals surface area contributed by atoms with E-state index in [-0.39, 0.29) is 36.6 Å². The SMILES string of the molecule is Cc1ccc(F)cc1N1CC(c2noc(CNC(=O)c3ccccc3)n2)CC1=O. The van der Waals surface area contributed by atoms with Crippen LogP contribution in [0, 0.1) is 12.7 Å². The molecule has 1 atom stereocenters. The zero-order valence-corrected chi connectivity index (χ0v) is 15.8. The van der Waals surface area contributed by atoms with E-state index in [1.54, 1.807) is 35.2 Å². The molecule has 1 aliphatic rings. The van der Waals surface area contributed by atoms with E-state index in [9.17, 15) is 14.0 Å². The monoisotopic (exact) mass is 394 g/mol. The Kier molecular flexibility index (Phi) is 5.07. The highest BCUT2D eigenvalue weighted by molar-refractivity contribution is 5.97. The standard InChI is InChI=1S/C21H19FN4O3/c1-13-7-8-16(22)10-17(13)26-12-15(9-19(26)27)20-24-18(29-25-20)11-23-21(28)14-5-3-2-4-6-14/h2-8,10,15H,9,11-12H2,1H3,(H,23,28). The van der Waals surface area contributed by atoms with Crippen molar-refractivity contribution in [3.05, 3.63) is 77.2 Å². The lowest BCUT2D eigenvalue weighted by molar-refractivity contribution is -0.117.